The summed E-state index contributed by atoms with van der Waals surface area (Å²) in [6, 6.07) is 8.14. The highest BCUT2D eigenvalue weighted by atomic mass is 35.5. The normalized spacial score (nSPS) is 19.9. The zero-order valence-electron chi connectivity index (χ0n) is 9.17. The van der Waals surface area contributed by atoms with E-state index in [0.717, 1.165) is 17.9 Å². The molecule has 1 aliphatic carbocycles. The van der Waals surface area contributed by atoms with Gasteiger partial charge in [-0.15, -0.1) is 0 Å². The van der Waals surface area contributed by atoms with Gasteiger partial charge in [0.05, 0.1) is 0 Å². The van der Waals surface area contributed by atoms with Crippen molar-refractivity contribution in [1.82, 2.24) is 0 Å². The van der Waals surface area contributed by atoms with Crippen LogP contribution in [0.3, 0.4) is 0 Å². The summed E-state index contributed by atoms with van der Waals surface area (Å²) in [6.07, 6.45) is 4.71. The van der Waals surface area contributed by atoms with Crippen molar-refractivity contribution in [2.75, 3.05) is 0 Å². The van der Waals surface area contributed by atoms with Crippen LogP contribution in [0.5, 0.6) is 0 Å². The summed E-state index contributed by atoms with van der Waals surface area (Å²) in [5.74, 6) is 0.560. The van der Waals surface area contributed by atoms with Gasteiger partial charge in [-0.1, -0.05) is 30.7 Å². The van der Waals surface area contributed by atoms with E-state index >= 15 is 0 Å². The van der Waals surface area contributed by atoms with E-state index in [-0.39, 0.29) is 5.54 Å². The minimum Gasteiger partial charge on any atom is -0.325 e. The first kappa shape index (κ1) is 11.0. The molecule has 2 heteroatoms. The predicted octanol–water partition coefficient (Wildman–Crippen LogP) is 3.72. The SMILES string of the molecule is CC(CCC1(N)CC1)c1cccc(Cl)c1. The van der Waals surface area contributed by atoms with Crippen LogP contribution in [-0.2, 0) is 0 Å². The van der Waals surface area contributed by atoms with Crippen molar-refractivity contribution in [1.29, 1.82) is 0 Å². The van der Waals surface area contributed by atoms with Gasteiger partial charge in [-0.2, -0.15) is 0 Å². The minimum absolute atomic E-state index is 0.173. The van der Waals surface area contributed by atoms with Crippen LogP contribution in [-0.4, -0.2) is 5.54 Å². The Hall–Kier alpha value is -0.530. The van der Waals surface area contributed by atoms with E-state index in [1.807, 2.05) is 12.1 Å². The maximum Gasteiger partial charge on any atom is 0.0408 e. The van der Waals surface area contributed by atoms with Gasteiger partial charge in [-0.25, -0.2) is 0 Å². The Kier molecular flexibility index (Phi) is 3.03. The molecule has 0 bridgehead atoms. The first-order valence-corrected chi connectivity index (χ1v) is 6.01. The van der Waals surface area contributed by atoms with Crippen LogP contribution >= 0.6 is 11.6 Å². The first-order chi connectivity index (χ1) is 7.09. The number of hydrogen-bond acceptors (Lipinski definition) is 1. The molecule has 15 heavy (non-hydrogen) atoms. The van der Waals surface area contributed by atoms with E-state index in [1.54, 1.807) is 0 Å². The quantitative estimate of drug-likeness (QED) is 0.828. The predicted molar refractivity (Wildman–Crippen MR) is 65.3 cm³/mol. The Bertz CT molecular complexity index is 344. The second kappa shape index (κ2) is 4.15. The smallest absolute Gasteiger partial charge is 0.0408 e. The molecule has 2 N–H and O–H groups in total. The molecule has 0 saturated heterocycles. The average Bonchev–Trinajstić information content (AvgIpc) is 2.94. The second-order valence-electron chi connectivity index (χ2n) is 4.86. The Morgan fingerprint density at radius 3 is 2.80 bits per heavy atom. The van der Waals surface area contributed by atoms with E-state index in [2.05, 4.69) is 19.1 Å². The van der Waals surface area contributed by atoms with Gasteiger partial charge in [0.15, 0.2) is 0 Å². The van der Waals surface area contributed by atoms with Gasteiger partial charge in [0.2, 0.25) is 0 Å². The highest BCUT2D eigenvalue weighted by molar-refractivity contribution is 6.30. The van der Waals surface area contributed by atoms with Crippen molar-refractivity contribution in [3.8, 4) is 0 Å². The fourth-order valence-corrected chi connectivity index (χ4v) is 2.09. The monoisotopic (exact) mass is 223 g/mol. The number of hydrogen-bond donors (Lipinski definition) is 1. The van der Waals surface area contributed by atoms with Gasteiger partial charge in [-0.05, 0) is 49.3 Å². The Morgan fingerprint density at radius 1 is 1.47 bits per heavy atom. The summed E-state index contributed by atoms with van der Waals surface area (Å²) in [7, 11) is 0. The van der Waals surface area contributed by atoms with E-state index in [1.165, 1.54) is 18.4 Å². The van der Waals surface area contributed by atoms with Crippen molar-refractivity contribution in [2.45, 2.75) is 44.1 Å². The summed E-state index contributed by atoms with van der Waals surface area (Å²) >= 11 is 5.97. The lowest BCUT2D eigenvalue weighted by Crippen LogP contribution is -2.21. The Labute approximate surface area is 96.6 Å². The molecule has 2 rings (SSSR count). The van der Waals surface area contributed by atoms with Crippen molar-refractivity contribution in [3.63, 3.8) is 0 Å². The van der Waals surface area contributed by atoms with Crippen LogP contribution in [0, 0.1) is 0 Å². The molecule has 0 spiro atoms. The highest BCUT2D eigenvalue weighted by Crippen LogP contribution is 2.39. The summed E-state index contributed by atoms with van der Waals surface area (Å²) in [4.78, 5) is 0. The minimum atomic E-state index is 0.173. The van der Waals surface area contributed by atoms with E-state index in [9.17, 15) is 0 Å². The molecule has 1 aromatic carbocycles. The van der Waals surface area contributed by atoms with Crippen molar-refractivity contribution < 1.29 is 0 Å². The van der Waals surface area contributed by atoms with Gasteiger partial charge in [0, 0.05) is 10.6 Å². The standard InChI is InChI=1S/C13H18ClN/c1-10(5-6-13(15)7-8-13)11-3-2-4-12(14)9-11/h2-4,9-10H,5-8,15H2,1H3. The molecule has 1 atom stereocenters. The number of benzene rings is 1. The molecule has 0 radical (unpaired) electrons. The van der Waals surface area contributed by atoms with Crippen molar-refractivity contribution in [3.05, 3.63) is 34.9 Å². The lowest BCUT2D eigenvalue weighted by Gasteiger charge is -2.15. The van der Waals surface area contributed by atoms with Gasteiger partial charge < -0.3 is 5.73 Å². The number of rotatable bonds is 4. The lowest BCUT2D eigenvalue weighted by atomic mass is 9.94. The van der Waals surface area contributed by atoms with Gasteiger partial charge in [0.25, 0.3) is 0 Å². The first-order valence-electron chi connectivity index (χ1n) is 5.63. The summed E-state index contributed by atoms with van der Waals surface area (Å²) in [5, 5.41) is 0.827. The molecule has 1 nitrogen and oxygen atoms in total. The van der Waals surface area contributed by atoms with Crippen LogP contribution in [0.2, 0.25) is 5.02 Å². The molecular formula is C13H18ClN. The summed E-state index contributed by atoms with van der Waals surface area (Å²) in [5.41, 5.74) is 7.58. The topological polar surface area (TPSA) is 26.0 Å². The fraction of sp³-hybridized carbons (Fsp3) is 0.538. The van der Waals surface area contributed by atoms with Gasteiger partial charge in [0.1, 0.15) is 0 Å². The third-order valence-corrected chi connectivity index (χ3v) is 3.62. The molecule has 82 valence electrons. The van der Waals surface area contributed by atoms with Crippen molar-refractivity contribution >= 4 is 11.6 Å². The molecule has 0 aliphatic heterocycles. The molecule has 1 aliphatic rings. The average molecular weight is 224 g/mol. The van der Waals surface area contributed by atoms with Crippen LogP contribution in [0.15, 0.2) is 24.3 Å². The van der Waals surface area contributed by atoms with Crippen LogP contribution in [0.25, 0.3) is 0 Å². The van der Waals surface area contributed by atoms with Gasteiger partial charge >= 0.3 is 0 Å². The fourth-order valence-electron chi connectivity index (χ4n) is 1.89. The summed E-state index contributed by atoms with van der Waals surface area (Å²) < 4.78 is 0. The number of nitrogens with two attached hydrogens (primary N) is 1. The van der Waals surface area contributed by atoms with E-state index in [4.69, 9.17) is 17.3 Å². The maximum atomic E-state index is 6.08. The summed E-state index contributed by atoms with van der Waals surface area (Å²) in [6.45, 7) is 2.25. The maximum absolute atomic E-state index is 6.08. The zero-order valence-corrected chi connectivity index (χ0v) is 9.93. The van der Waals surface area contributed by atoms with Crippen LogP contribution in [0.4, 0.5) is 0 Å². The second-order valence-corrected chi connectivity index (χ2v) is 5.29. The molecule has 1 fully saturated rings. The van der Waals surface area contributed by atoms with Crippen LogP contribution < -0.4 is 5.73 Å². The molecule has 0 aromatic heterocycles. The van der Waals surface area contributed by atoms with E-state index in [0.29, 0.717) is 5.92 Å². The lowest BCUT2D eigenvalue weighted by molar-refractivity contribution is 0.533. The molecule has 1 unspecified atom stereocenters. The number of halogens is 1. The Balaban J connectivity index is 1.92. The van der Waals surface area contributed by atoms with Gasteiger partial charge in [-0.3, -0.25) is 0 Å². The highest BCUT2D eigenvalue weighted by Gasteiger charge is 2.37. The third-order valence-electron chi connectivity index (χ3n) is 3.39. The van der Waals surface area contributed by atoms with Crippen molar-refractivity contribution in [2.24, 2.45) is 5.73 Å². The molecule has 0 amide bonds. The van der Waals surface area contributed by atoms with E-state index < -0.39 is 0 Å². The largest absolute Gasteiger partial charge is 0.325 e. The third kappa shape index (κ3) is 2.96. The molecule has 1 aromatic rings. The zero-order chi connectivity index (χ0) is 10.9. The Morgan fingerprint density at radius 2 is 2.20 bits per heavy atom. The molecule has 1 saturated carbocycles. The molecule has 0 heterocycles. The van der Waals surface area contributed by atoms with Crippen LogP contribution in [0.1, 0.15) is 44.1 Å². The molecular weight excluding hydrogens is 206 g/mol.